The number of esters is 1. The lowest BCUT2D eigenvalue weighted by Gasteiger charge is -2.12. The van der Waals surface area contributed by atoms with Gasteiger partial charge in [0, 0.05) is 6.42 Å². The van der Waals surface area contributed by atoms with Gasteiger partial charge in [-0.3, -0.25) is 4.79 Å². The highest BCUT2D eigenvalue weighted by Gasteiger charge is 2.34. The van der Waals surface area contributed by atoms with Crippen molar-refractivity contribution in [1.82, 2.24) is 0 Å². The first-order chi connectivity index (χ1) is 9.26. The SMILES string of the molecule is CC[C@@H]1C[C@@H](Oc2ccc3ccccc3c2)OC1=O. The van der Waals surface area contributed by atoms with Crippen molar-refractivity contribution in [3.8, 4) is 5.75 Å². The zero-order valence-corrected chi connectivity index (χ0v) is 10.8. The molecule has 1 fully saturated rings. The van der Waals surface area contributed by atoms with E-state index in [1.54, 1.807) is 0 Å². The van der Waals surface area contributed by atoms with E-state index in [2.05, 4.69) is 6.07 Å². The van der Waals surface area contributed by atoms with Crippen LogP contribution in [0.4, 0.5) is 0 Å². The second kappa shape index (κ2) is 4.92. The number of hydrogen-bond donors (Lipinski definition) is 0. The van der Waals surface area contributed by atoms with Crippen LogP contribution in [0.1, 0.15) is 19.8 Å². The third-order valence-corrected chi connectivity index (χ3v) is 3.54. The molecule has 0 bridgehead atoms. The Morgan fingerprint density at radius 2 is 2.00 bits per heavy atom. The van der Waals surface area contributed by atoms with E-state index < -0.39 is 6.29 Å². The summed E-state index contributed by atoms with van der Waals surface area (Å²) in [5, 5.41) is 2.29. The van der Waals surface area contributed by atoms with E-state index in [0.717, 1.165) is 17.6 Å². The molecule has 0 amide bonds. The summed E-state index contributed by atoms with van der Waals surface area (Å²) in [6.45, 7) is 1.99. The van der Waals surface area contributed by atoms with Crippen molar-refractivity contribution in [2.45, 2.75) is 26.1 Å². The summed E-state index contributed by atoms with van der Waals surface area (Å²) >= 11 is 0. The van der Waals surface area contributed by atoms with Gasteiger partial charge in [0.05, 0.1) is 5.92 Å². The molecule has 0 saturated carbocycles. The predicted octanol–water partition coefficient (Wildman–Crippen LogP) is 3.52. The normalized spacial score (nSPS) is 22.5. The highest BCUT2D eigenvalue weighted by atomic mass is 16.7. The molecular formula is C16H16O3. The van der Waals surface area contributed by atoms with Gasteiger partial charge in [0.2, 0.25) is 6.29 Å². The molecule has 2 aromatic rings. The Balaban J connectivity index is 1.77. The standard InChI is InChI=1S/C16H16O3/c1-2-11-10-15(19-16(11)17)18-14-8-7-12-5-3-4-6-13(12)9-14/h3-9,11,15H,2,10H2,1H3/t11-,15+/m1/s1. The van der Waals surface area contributed by atoms with Gasteiger partial charge >= 0.3 is 5.97 Å². The molecule has 3 heteroatoms. The van der Waals surface area contributed by atoms with Crippen LogP contribution in [0.2, 0.25) is 0 Å². The fraction of sp³-hybridized carbons (Fsp3) is 0.312. The van der Waals surface area contributed by atoms with E-state index in [-0.39, 0.29) is 11.9 Å². The van der Waals surface area contributed by atoms with E-state index >= 15 is 0 Å². The van der Waals surface area contributed by atoms with Crippen molar-refractivity contribution in [1.29, 1.82) is 0 Å². The van der Waals surface area contributed by atoms with E-state index in [4.69, 9.17) is 9.47 Å². The summed E-state index contributed by atoms with van der Waals surface area (Å²) in [5.41, 5.74) is 0. The van der Waals surface area contributed by atoms with Crippen molar-refractivity contribution >= 4 is 16.7 Å². The van der Waals surface area contributed by atoms with Crippen molar-refractivity contribution in [3.63, 3.8) is 0 Å². The van der Waals surface area contributed by atoms with Gasteiger partial charge in [-0.25, -0.2) is 0 Å². The number of ether oxygens (including phenoxy) is 2. The van der Waals surface area contributed by atoms with Crippen LogP contribution in [0.3, 0.4) is 0 Å². The topological polar surface area (TPSA) is 35.5 Å². The zero-order chi connectivity index (χ0) is 13.2. The largest absolute Gasteiger partial charge is 0.455 e. The molecule has 3 rings (SSSR count). The molecule has 0 N–H and O–H groups in total. The first-order valence-corrected chi connectivity index (χ1v) is 6.62. The molecule has 3 nitrogen and oxygen atoms in total. The summed E-state index contributed by atoms with van der Waals surface area (Å²) in [5.74, 6) is 0.576. The summed E-state index contributed by atoms with van der Waals surface area (Å²) in [6.07, 6.45) is 0.997. The number of benzene rings is 2. The van der Waals surface area contributed by atoms with E-state index in [1.165, 1.54) is 5.39 Å². The van der Waals surface area contributed by atoms with Crippen LogP contribution in [0, 0.1) is 5.92 Å². The summed E-state index contributed by atoms with van der Waals surface area (Å²) < 4.78 is 11.0. The minimum Gasteiger partial charge on any atom is -0.455 e. The smallest absolute Gasteiger partial charge is 0.312 e. The summed E-state index contributed by atoms with van der Waals surface area (Å²) in [7, 11) is 0. The second-order valence-corrected chi connectivity index (χ2v) is 4.83. The second-order valence-electron chi connectivity index (χ2n) is 4.83. The van der Waals surface area contributed by atoms with Crippen LogP contribution in [-0.4, -0.2) is 12.3 Å². The Morgan fingerprint density at radius 3 is 2.74 bits per heavy atom. The Labute approximate surface area is 112 Å². The predicted molar refractivity (Wildman–Crippen MR) is 72.9 cm³/mol. The molecule has 0 spiro atoms. The van der Waals surface area contributed by atoms with Gasteiger partial charge in [-0.05, 0) is 29.3 Å². The Morgan fingerprint density at radius 1 is 1.21 bits per heavy atom. The van der Waals surface area contributed by atoms with E-state index in [9.17, 15) is 4.79 Å². The van der Waals surface area contributed by atoms with Crippen molar-refractivity contribution in [2.24, 2.45) is 5.92 Å². The van der Waals surface area contributed by atoms with Gasteiger partial charge in [0.15, 0.2) is 0 Å². The maximum absolute atomic E-state index is 11.5. The molecule has 0 radical (unpaired) electrons. The van der Waals surface area contributed by atoms with Crippen molar-refractivity contribution in [2.75, 3.05) is 0 Å². The third-order valence-electron chi connectivity index (χ3n) is 3.54. The average molecular weight is 256 g/mol. The molecule has 0 aliphatic carbocycles. The summed E-state index contributed by atoms with van der Waals surface area (Å²) in [4.78, 5) is 11.5. The monoisotopic (exact) mass is 256 g/mol. The lowest BCUT2D eigenvalue weighted by Crippen LogP contribution is -2.15. The Bertz CT molecular complexity index is 606. The average Bonchev–Trinajstić information content (AvgIpc) is 2.78. The number of fused-ring (bicyclic) bond motifs is 1. The van der Waals surface area contributed by atoms with Gasteiger partial charge in [-0.1, -0.05) is 37.3 Å². The summed E-state index contributed by atoms with van der Waals surface area (Å²) in [6, 6.07) is 14.0. The van der Waals surface area contributed by atoms with Crippen LogP contribution in [0.25, 0.3) is 10.8 Å². The third kappa shape index (κ3) is 2.41. The van der Waals surface area contributed by atoms with Gasteiger partial charge in [0.25, 0.3) is 0 Å². The molecule has 0 aromatic heterocycles. The fourth-order valence-electron chi connectivity index (χ4n) is 2.40. The molecule has 2 atom stereocenters. The van der Waals surface area contributed by atoms with Crippen molar-refractivity contribution in [3.05, 3.63) is 42.5 Å². The molecular weight excluding hydrogens is 240 g/mol. The highest BCUT2D eigenvalue weighted by Crippen LogP contribution is 2.28. The molecule has 0 unspecified atom stereocenters. The van der Waals surface area contributed by atoms with Crippen LogP contribution in [0.5, 0.6) is 5.75 Å². The lowest BCUT2D eigenvalue weighted by atomic mass is 10.1. The molecule has 1 aliphatic heterocycles. The maximum Gasteiger partial charge on any atom is 0.312 e. The van der Waals surface area contributed by atoms with Gasteiger partial charge in [0.1, 0.15) is 5.75 Å². The molecule has 98 valence electrons. The first-order valence-electron chi connectivity index (χ1n) is 6.62. The van der Waals surface area contributed by atoms with Crippen molar-refractivity contribution < 1.29 is 14.3 Å². The van der Waals surface area contributed by atoms with E-state index in [1.807, 2.05) is 43.3 Å². The molecule has 1 heterocycles. The molecule has 2 aromatic carbocycles. The van der Waals surface area contributed by atoms with Crippen LogP contribution in [0.15, 0.2) is 42.5 Å². The number of rotatable bonds is 3. The molecule has 19 heavy (non-hydrogen) atoms. The minimum atomic E-state index is -0.446. The molecule has 1 saturated heterocycles. The van der Waals surface area contributed by atoms with Gasteiger partial charge in [-0.2, -0.15) is 0 Å². The molecule has 1 aliphatic rings. The highest BCUT2D eigenvalue weighted by molar-refractivity contribution is 5.83. The fourth-order valence-corrected chi connectivity index (χ4v) is 2.40. The first kappa shape index (κ1) is 12.0. The Kier molecular flexibility index (Phi) is 3.11. The number of hydrogen-bond acceptors (Lipinski definition) is 3. The quantitative estimate of drug-likeness (QED) is 0.788. The lowest BCUT2D eigenvalue weighted by molar-refractivity contribution is -0.152. The number of carbonyl (C=O) groups excluding carboxylic acids is 1. The zero-order valence-electron chi connectivity index (χ0n) is 10.8. The van der Waals surface area contributed by atoms with Gasteiger partial charge < -0.3 is 9.47 Å². The number of carbonyl (C=O) groups is 1. The Hall–Kier alpha value is -2.03. The van der Waals surface area contributed by atoms with Crippen LogP contribution < -0.4 is 4.74 Å². The number of cyclic esters (lactones) is 1. The maximum atomic E-state index is 11.5. The van der Waals surface area contributed by atoms with Crippen LogP contribution in [-0.2, 0) is 9.53 Å². The van der Waals surface area contributed by atoms with Crippen LogP contribution >= 0.6 is 0 Å². The minimum absolute atomic E-state index is 0.0227. The van der Waals surface area contributed by atoms with Gasteiger partial charge in [-0.15, -0.1) is 0 Å². The van der Waals surface area contributed by atoms with E-state index in [0.29, 0.717) is 6.42 Å².